The van der Waals surface area contributed by atoms with E-state index in [1.165, 1.54) is 12.1 Å². The summed E-state index contributed by atoms with van der Waals surface area (Å²) in [6.07, 6.45) is 1.78. The molecule has 0 bridgehead atoms. The Bertz CT molecular complexity index is 1390. The number of hydrogen-bond acceptors (Lipinski definition) is 2. The van der Waals surface area contributed by atoms with E-state index in [1.807, 2.05) is 49.4 Å². The van der Waals surface area contributed by atoms with Crippen LogP contribution >= 0.6 is 23.2 Å². The van der Waals surface area contributed by atoms with E-state index >= 15 is 0 Å². The fourth-order valence-corrected chi connectivity index (χ4v) is 3.78. The summed E-state index contributed by atoms with van der Waals surface area (Å²) in [7, 11) is 0. The highest BCUT2D eigenvalue weighted by atomic mass is 35.5. The Morgan fingerprint density at radius 1 is 0.897 bits per heavy atom. The molecule has 0 atom stereocenters. The van der Waals surface area contributed by atoms with Crippen molar-refractivity contribution in [1.82, 2.24) is 14.8 Å². The van der Waals surface area contributed by atoms with Crippen LogP contribution in [0.25, 0.3) is 38.8 Å². The molecule has 0 aliphatic heterocycles. The number of hydrogen-bond donors (Lipinski definition) is 0. The molecule has 5 aromatic rings. The minimum Gasteiger partial charge on any atom is -0.255 e. The molecule has 2 heterocycles. The Balaban J connectivity index is 1.90. The maximum absolute atomic E-state index is 14.1. The van der Waals surface area contributed by atoms with Crippen molar-refractivity contribution in [2.45, 2.75) is 6.92 Å². The van der Waals surface area contributed by atoms with E-state index in [0.717, 1.165) is 33.4 Å². The first kappa shape index (κ1) is 18.1. The molecule has 0 fully saturated rings. The van der Waals surface area contributed by atoms with Crippen LogP contribution in [0.1, 0.15) is 5.56 Å². The third kappa shape index (κ3) is 3.05. The number of halogens is 3. The van der Waals surface area contributed by atoms with Gasteiger partial charge in [-0.1, -0.05) is 41.4 Å². The first-order chi connectivity index (χ1) is 14.0. The van der Waals surface area contributed by atoms with Crippen molar-refractivity contribution in [3.05, 3.63) is 88.3 Å². The van der Waals surface area contributed by atoms with Crippen molar-refractivity contribution in [2.24, 2.45) is 0 Å². The van der Waals surface area contributed by atoms with Crippen LogP contribution in [0, 0.1) is 12.7 Å². The molecule has 29 heavy (non-hydrogen) atoms. The predicted octanol–water partition coefficient (Wildman–Crippen LogP) is 7.00. The zero-order valence-electron chi connectivity index (χ0n) is 15.3. The Hall–Kier alpha value is -2.95. The highest BCUT2D eigenvalue weighted by Gasteiger charge is 2.18. The van der Waals surface area contributed by atoms with E-state index in [2.05, 4.69) is 4.98 Å². The molecule has 0 aliphatic carbocycles. The van der Waals surface area contributed by atoms with Crippen molar-refractivity contribution >= 4 is 45.0 Å². The summed E-state index contributed by atoms with van der Waals surface area (Å²) in [5, 5.41) is 7.66. The Labute approximate surface area is 176 Å². The van der Waals surface area contributed by atoms with Gasteiger partial charge in [0.05, 0.1) is 16.7 Å². The van der Waals surface area contributed by atoms with Gasteiger partial charge in [0, 0.05) is 32.6 Å². The molecule has 0 spiro atoms. The number of benzene rings is 3. The normalized spacial score (nSPS) is 11.4. The molecule has 0 radical (unpaired) electrons. The van der Waals surface area contributed by atoms with E-state index < -0.39 is 0 Å². The lowest BCUT2D eigenvalue weighted by atomic mass is 10.1. The van der Waals surface area contributed by atoms with Crippen molar-refractivity contribution in [1.29, 1.82) is 0 Å². The molecule has 6 heteroatoms. The zero-order valence-corrected chi connectivity index (χ0v) is 16.8. The second kappa shape index (κ2) is 6.83. The van der Waals surface area contributed by atoms with E-state index in [1.54, 1.807) is 16.9 Å². The number of aryl methyl sites for hydroxylation is 1. The predicted molar refractivity (Wildman–Crippen MR) is 117 cm³/mol. The van der Waals surface area contributed by atoms with Crippen LogP contribution in [0.3, 0.4) is 0 Å². The Morgan fingerprint density at radius 3 is 2.45 bits per heavy atom. The molecule has 3 aromatic carbocycles. The quantitative estimate of drug-likeness (QED) is 0.307. The van der Waals surface area contributed by atoms with Crippen LogP contribution < -0.4 is 0 Å². The maximum atomic E-state index is 14.1. The van der Waals surface area contributed by atoms with Crippen LogP contribution in [0.5, 0.6) is 0 Å². The van der Waals surface area contributed by atoms with Gasteiger partial charge in [-0.05, 0) is 55.0 Å². The Morgan fingerprint density at radius 2 is 1.69 bits per heavy atom. The fraction of sp³-hybridized carbons (Fsp3) is 0.0435. The summed E-state index contributed by atoms with van der Waals surface area (Å²) in [6, 6.07) is 17.8. The van der Waals surface area contributed by atoms with Gasteiger partial charge in [-0.3, -0.25) is 4.98 Å². The number of aromatic nitrogens is 3. The summed E-state index contributed by atoms with van der Waals surface area (Å²) in [5.41, 5.74) is 4.88. The second-order valence-corrected chi connectivity index (χ2v) is 7.73. The molecule has 0 aliphatic rings. The third-order valence-electron chi connectivity index (χ3n) is 4.99. The number of fused-ring (bicyclic) bond motifs is 3. The van der Waals surface area contributed by atoms with Crippen molar-refractivity contribution < 1.29 is 4.39 Å². The van der Waals surface area contributed by atoms with Gasteiger partial charge in [-0.15, -0.1) is 0 Å². The van der Waals surface area contributed by atoms with Gasteiger partial charge in [-0.2, -0.15) is 5.10 Å². The van der Waals surface area contributed by atoms with E-state index in [4.69, 9.17) is 28.3 Å². The van der Waals surface area contributed by atoms with Gasteiger partial charge in [0.15, 0.2) is 0 Å². The standard InChI is InChI=1S/C23H14Cl2FN3/c1-13-2-8-17(11-20(13)25)29-23-18-10-16(26)7-9-21(18)27-12-19(23)22(28-29)14-3-5-15(24)6-4-14/h2-12H,1H3. The van der Waals surface area contributed by atoms with Gasteiger partial charge in [0.2, 0.25) is 0 Å². The first-order valence-corrected chi connectivity index (χ1v) is 9.76. The summed E-state index contributed by atoms with van der Waals surface area (Å²) < 4.78 is 15.9. The summed E-state index contributed by atoms with van der Waals surface area (Å²) in [4.78, 5) is 4.52. The number of nitrogens with zero attached hydrogens (tertiary/aromatic N) is 3. The molecule has 0 amide bonds. The van der Waals surface area contributed by atoms with Crippen molar-refractivity contribution in [3.63, 3.8) is 0 Å². The van der Waals surface area contributed by atoms with Crippen molar-refractivity contribution in [2.75, 3.05) is 0 Å². The Kier molecular flexibility index (Phi) is 4.26. The van der Waals surface area contributed by atoms with Gasteiger partial charge in [0.1, 0.15) is 11.5 Å². The molecule has 142 valence electrons. The zero-order chi connectivity index (χ0) is 20.1. The summed E-state index contributed by atoms with van der Waals surface area (Å²) in [6.45, 7) is 1.95. The van der Waals surface area contributed by atoms with Gasteiger partial charge >= 0.3 is 0 Å². The average Bonchev–Trinajstić information content (AvgIpc) is 3.11. The SMILES string of the molecule is Cc1ccc(-n2nc(-c3ccc(Cl)cc3)c3cnc4ccc(F)cc4c32)cc1Cl. The lowest BCUT2D eigenvalue weighted by Gasteiger charge is -2.07. The molecule has 0 saturated heterocycles. The summed E-state index contributed by atoms with van der Waals surface area (Å²) in [5.74, 6) is -0.325. The van der Waals surface area contributed by atoms with Crippen LogP contribution in [0.4, 0.5) is 4.39 Å². The lowest BCUT2D eigenvalue weighted by Crippen LogP contribution is -1.98. The molecular formula is C23H14Cl2FN3. The minimum absolute atomic E-state index is 0.325. The van der Waals surface area contributed by atoms with Gasteiger partial charge < -0.3 is 0 Å². The van der Waals surface area contributed by atoms with Crippen LogP contribution in [-0.2, 0) is 0 Å². The fourth-order valence-electron chi connectivity index (χ4n) is 3.48. The topological polar surface area (TPSA) is 30.7 Å². The summed E-state index contributed by atoms with van der Waals surface area (Å²) >= 11 is 12.4. The molecule has 0 N–H and O–H groups in total. The van der Waals surface area contributed by atoms with Gasteiger partial charge in [0.25, 0.3) is 0 Å². The molecule has 3 nitrogen and oxygen atoms in total. The van der Waals surface area contributed by atoms with E-state index in [-0.39, 0.29) is 5.82 Å². The second-order valence-electron chi connectivity index (χ2n) is 6.88. The maximum Gasteiger partial charge on any atom is 0.124 e. The van der Waals surface area contributed by atoms with Gasteiger partial charge in [-0.25, -0.2) is 9.07 Å². The van der Waals surface area contributed by atoms with Crippen LogP contribution in [0.2, 0.25) is 10.0 Å². The minimum atomic E-state index is -0.325. The molecule has 2 aromatic heterocycles. The highest BCUT2D eigenvalue weighted by Crippen LogP contribution is 2.35. The largest absolute Gasteiger partial charge is 0.255 e. The monoisotopic (exact) mass is 421 g/mol. The third-order valence-corrected chi connectivity index (χ3v) is 5.65. The van der Waals surface area contributed by atoms with E-state index in [0.29, 0.717) is 20.9 Å². The van der Waals surface area contributed by atoms with Crippen LogP contribution in [0.15, 0.2) is 66.9 Å². The first-order valence-electron chi connectivity index (χ1n) is 9.01. The lowest BCUT2D eigenvalue weighted by molar-refractivity contribution is 0.629. The average molecular weight is 422 g/mol. The highest BCUT2D eigenvalue weighted by molar-refractivity contribution is 6.31. The number of pyridine rings is 1. The smallest absolute Gasteiger partial charge is 0.124 e. The molecule has 0 unspecified atom stereocenters. The molecule has 5 rings (SSSR count). The molecule has 0 saturated carbocycles. The van der Waals surface area contributed by atoms with Crippen molar-refractivity contribution in [3.8, 4) is 16.9 Å². The number of rotatable bonds is 2. The van der Waals surface area contributed by atoms with E-state index in [9.17, 15) is 4.39 Å². The van der Waals surface area contributed by atoms with Crippen LogP contribution in [-0.4, -0.2) is 14.8 Å². The molecular weight excluding hydrogens is 408 g/mol.